The lowest BCUT2D eigenvalue weighted by molar-refractivity contribution is -0.141. The molecule has 1 amide bonds. The van der Waals surface area contributed by atoms with E-state index in [4.69, 9.17) is 5.11 Å². The average Bonchev–Trinajstić information content (AvgIpc) is 2.59. The number of hydrogen-bond acceptors (Lipinski definition) is 4. The van der Waals surface area contributed by atoms with Gasteiger partial charge in [-0.2, -0.15) is 4.31 Å². The van der Waals surface area contributed by atoms with E-state index in [1.807, 2.05) is 0 Å². The number of carbonyl (C=O) groups excluding carboxylic acids is 1. The highest BCUT2D eigenvalue weighted by molar-refractivity contribution is 7.89. The lowest BCUT2D eigenvalue weighted by atomic mass is 9.97. The van der Waals surface area contributed by atoms with Crippen molar-refractivity contribution in [2.45, 2.75) is 24.7 Å². The second-order valence-corrected chi connectivity index (χ2v) is 8.00. The normalized spacial score (nSPS) is 17.8. The van der Waals surface area contributed by atoms with E-state index >= 15 is 0 Å². The van der Waals surface area contributed by atoms with Crippen LogP contribution in [0.1, 0.15) is 19.8 Å². The van der Waals surface area contributed by atoms with Gasteiger partial charge in [0.15, 0.2) is 0 Å². The summed E-state index contributed by atoms with van der Waals surface area (Å²) in [7, 11) is -3.93. The minimum Gasteiger partial charge on any atom is -0.481 e. The lowest BCUT2D eigenvalue weighted by Gasteiger charge is -2.30. The maximum atomic E-state index is 13.8. The Morgan fingerprint density at radius 1 is 1.32 bits per heavy atom. The van der Waals surface area contributed by atoms with E-state index in [1.54, 1.807) is 0 Å². The van der Waals surface area contributed by atoms with E-state index < -0.39 is 27.7 Å². The highest BCUT2D eigenvalue weighted by Gasteiger charge is 2.33. The summed E-state index contributed by atoms with van der Waals surface area (Å²) in [5.74, 6) is -3.15. The number of halogens is 1. The number of carboxylic acid groups (broad SMARTS) is 1. The number of hydrogen-bond donors (Lipinski definition) is 2. The molecule has 0 aliphatic carbocycles. The van der Waals surface area contributed by atoms with Gasteiger partial charge in [-0.25, -0.2) is 12.8 Å². The zero-order valence-electron chi connectivity index (χ0n) is 13.8. The monoisotopic (exact) mass is 372 g/mol. The summed E-state index contributed by atoms with van der Waals surface area (Å²) >= 11 is 0. The zero-order valence-corrected chi connectivity index (χ0v) is 14.6. The molecule has 25 heavy (non-hydrogen) atoms. The van der Waals surface area contributed by atoms with E-state index in [9.17, 15) is 22.4 Å². The molecular weight excluding hydrogens is 351 g/mol. The fourth-order valence-electron chi connectivity index (χ4n) is 2.64. The minimum absolute atomic E-state index is 0.0297. The summed E-state index contributed by atoms with van der Waals surface area (Å²) in [6, 6.07) is 5.19. The molecule has 0 aromatic heterocycles. The molecule has 2 rings (SSSR count). The molecule has 2 N–H and O–H groups in total. The van der Waals surface area contributed by atoms with Gasteiger partial charge in [0.25, 0.3) is 0 Å². The number of nitrogens with one attached hydrogen (secondary N) is 1. The Labute approximate surface area is 145 Å². The van der Waals surface area contributed by atoms with Crippen molar-refractivity contribution >= 4 is 21.9 Å². The maximum absolute atomic E-state index is 13.8. The van der Waals surface area contributed by atoms with Crippen molar-refractivity contribution in [2.75, 3.05) is 19.6 Å². The molecule has 0 bridgehead atoms. The van der Waals surface area contributed by atoms with Crippen LogP contribution in [-0.4, -0.2) is 49.3 Å². The van der Waals surface area contributed by atoms with Gasteiger partial charge in [-0.15, -0.1) is 0 Å². The number of carbonyl (C=O) groups is 2. The SMILES string of the molecule is CC(CNC(=O)C1CCN(S(=O)(=O)c2ccccc2F)CC1)C(=O)O. The fourth-order valence-corrected chi connectivity index (χ4v) is 4.17. The first kappa shape index (κ1) is 19.3. The van der Waals surface area contributed by atoms with Crippen molar-refractivity contribution in [2.24, 2.45) is 11.8 Å². The predicted molar refractivity (Wildman–Crippen MR) is 87.7 cm³/mol. The second kappa shape index (κ2) is 7.92. The molecule has 1 atom stereocenters. The highest BCUT2D eigenvalue weighted by atomic mass is 32.2. The molecule has 1 aliphatic heterocycles. The minimum atomic E-state index is -3.93. The van der Waals surface area contributed by atoms with Crippen molar-refractivity contribution in [3.05, 3.63) is 30.1 Å². The first-order valence-electron chi connectivity index (χ1n) is 7.98. The molecular formula is C16H21FN2O5S. The van der Waals surface area contributed by atoms with E-state index in [0.717, 1.165) is 6.07 Å². The van der Waals surface area contributed by atoms with Crippen molar-refractivity contribution in [3.8, 4) is 0 Å². The van der Waals surface area contributed by atoms with Gasteiger partial charge in [0.05, 0.1) is 5.92 Å². The van der Waals surface area contributed by atoms with Crippen LogP contribution in [-0.2, 0) is 19.6 Å². The molecule has 138 valence electrons. The van der Waals surface area contributed by atoms with Gasteiger partial charge < -0.3 is 10.4 Å². The summed E-state index contributed by atoms with van der Waals surface area (Å²) in [5, 5.41) is 11.4. The van der Waals surface area contributed by atoms with Gasteiger partial charge in [-0.1, -0.05) is 19.1 Å². The van der Waals surface area contributed by atoms with Crippen LogP contribution >= 0.6 is 0 Å². The van der Waals surface area contributed by atoms with Gasteiger partial charge in [0.2, 0.25) is 15.9 Å². The molecule has 1 saturated heterocycles. The third kappa shape index (κ3) is 4.55. The van der Waals surface area contributed by atoms with Crippen LogP contribution in [0.5, 0.6) is 0 Å². The maximum Gasteiger partial charge on any atom is 0.308 e. The summed E-state index contributed by atoms with van der Waals surface area (Å²) in [6.07, 6.45) is 0.613. The van der Waals surface area contributed by atoms with Crippen LogP contribution in [0.15, 0.2) is 29.2 Å². The van der Waals surface area contributed by atoms with Crippen molar-refractivity contribution in [3.63, 3.8) is 0 Å². The van der Waals surface area contributed by atoms with E-state index in [-0.39, 0.29) is 36.4 Å². The Hall–Kier alpha value is -2.00. The number of nitrogens with zero attached hydrogens (tertiary/aromatic N) is 1. The molecule has 0 saturated carbocycles. The number of sulfonamides is 1. The fraction of sp³-hybridized carbons (Fsp3) is 0.500. The first-order chi connectivity index (χ1) is 11.7. The third-order valence-corrected chi connectivity index (χ3v) is 6.22. The number of aliphatic carboxylic acids is 1. The van der Waals surface area contributed by atoms with Crippen LogP contribution < -0.4 is 5.32 Å². The zero-order chi connectivity index (χ0) is 18.6. The van der Waals surface area contributed by atoms with Crippen LogP contribution in [0.4, 0.5) is 4.39 Å². The summed E-state index contributed by atoms with van der Waals surface area (Å²) in [4.78, 5) is 22.5. The molecule has 1 aliphatic rings. The highest BCUT2D eigenvalue weighted by Crippen LogP contribution is 2.25. The summed E-state index contributed by atoms with van der Waals surface area (Å²) in [5.41, 5.74) is 0. The van der Waals surface area contributed by atoms with Crippen molar-refractivity contribution in [1.82, 2.24) is 9.62 Å². The summed E-state index contributed by atoms with van der Waals surface area (Å²) < 4.78 is 39.9. The Bertz CT molecular complexity index is 745. The Morgan fingerprint density at radius 2 is 1.92 bits per heavy atom. The van der Waals surface area contributed by atoms with E-state index in [2.05, 4.69) is 5.32 Å². The molecule has 1 unspecified atom stereocenters. The number of rotatable bonds is 6. The number of piperidine rings is 1. The Balaban J connectivity index is 1.94. The van der Waals surface area contributed by atoms with Crippen LogP contribution in [0.25, 0.3) is 0 Å². The van der Waals surface area contributed by atoms with Crippen LogP contribution in [0, 0.1) is 17.7 Å². The molecule has 1 aromatic carbocycles. The number of benzene rings is 1. The quantitative estimate of drug-likeness (QED) is 0.777. The molecule has 0 spiro atoms. The molecule has 1 aromatic rings. The smallest absolute Gasteiger partial charge is 0.308 e. The molecule has 7 nitrogen and oxygen atoms in total. The van der Waals surface area contributed by atoms with Gasteiger partial charge in [0, 0.05) is 25.6 Å². The number of amides is 1. The van der Waals surface area contributed by atoms with Crippen molar-refractivity contribution < 1.29 is 27.5 Å². The summed E-state index contributed by atoms with van der Waals surface area (Å²) in [6.45, 7) is 1.75. The molecule has 1 fully saturated rings. The third-order valence-electron chi connectivity index (χ3n) is 4.28. The predicted octanol–water partition coefficient (Wildman–Crippen LogP) is 1.06. The topological polar surface area (TPSA) is 104 Å². The number of carboxylic acids is 1. The lowest BCUT2D eigenvalue weighted by Crippen LogP contribution is -2.44. The molecule has 9 heteroatoms. The van der Waals surface area contributed by atoms with Crippen LogP contribution in [0.2, 0.25) is 0 Å². The molecule has 1 heterocycles. The Morgan fingerprint density at radius 3 is 2.48 bits per heavy atom. The average molecular weight is 372 g/mol. The van der Waals surface area contributed by atoms with Gasteiger partial charge >= 0.3 is 5.97 Å². The molecule has 0 radical (unpaired) electrons. The van der Waals surface area contributed by atoms with Gasteiger partial charge in [-0.3, -0.25) is 9.59 Å². The van der Waals surface area contributed by atoms with Gasteiger partial charge in [0.1, 0.15) is 10.7 Å². The standard InChI is InChI=1S/C16H21FN2O5S/c1-11(16(21)22)10-18-15(20)12-6-8-19(9-7-12)25(23,24)14-5-3-2-4-13(14)17/h2-5,11-12H,6-10H2,1H3,(H,18,20)(H,21,22). The first-order valence-corrected chi connectivity index (χ1v) is 9.42. The van der Waals surface area contributed by atoms with E-state index in [0.29, 0.717) is 12.8 Å². The van der Waals surface area contributed by atoms with Crippen molar-refractivity contribution in [1.29, 1.82) is 0 Å². The second-order valence-electron chi connectivity index (χ2n) is 6.09. The van der Waals surface area contributed by atoms with Gasteiger partial charge in [-0.05, 0) is 25.0 Å². The van der Waals surface area contributed by atoms with E-state index in [1.165, 1.54) is 29.4 Å². The van der Waals surface area contributed by atoms with Crippen LogP contribution in [0.3, 0.4) is 0 Å². The largest absolute Gasteiger partial charge is 0.481 e. The Kier molecular flexibility index (Phi) is 6.12.